The number of carbonyl (C=O) groups excluding carboxylic acids is 2. The molecule has 0 saturated carbocycles. The quantitative estimate of drug-likeness (QED) is 0.359. The van der Waals surface area contributed by atoms with Crippen molar-refractivity contribution in [3.8, 4) is 0 Å². The molecule has 0 amide bonds. The molecule has 0 aromatic carbocycles. The summed E-state index contributed by atoms with van der Waals surface area (Å²) in [5.41, 5.74) is -1.05. The smallest absolute Gasteiger partial charge is 0.378 e. The van der Waals surface area contributed by atoms with Crippen LogP contribution in [0.1, 0.15) is 13.8 Å². The Kier molecular flexibility index (Phi) is 1.29. The van der Waals surface area contributed by atoms with E-state index < -0.39 is 23.5 Å². The zero-order valence-electron chi connectivity index (χ0n) is 5.75. The average Bonchev–Trinajstić information content (AvgIpc) is 1.95. The number of carbonyl (C=O) groups is 2. The van der Waals surface area contributed by atoms with Crippen molar-refractivity contribution in [2.24, 2.45) is 0 Å². The molecule has 1 N–H and O–H groups in total. The summed E-state index contributed by atoms with van der Waals surface area (Å²) in [6.07, 6.45) is -1.31. The Hall–Kier alpha value is -0.900. The Morgan fingerprint density at radius 2 is 2.00 bits per heavy atom. The molecule has 4 heteroatoms. The summed E-state index contributed by atoms with van der Waals surface area (Å²) in [4.78, 5) is 21.1. The standard InChI is InChI=1S/C6H8O4/c1-6(2)4(8)3(7)5(9)10-6/h4,8H,1-2H3. The molecule has 0 bridgehead atoms. The van der Waals surface area contributed by atoms with Crippen LogP contribution in [0.3, 0.4) is 0 Å². The highest BCUT2D eigenvalue weighted by Gasteiger charge is 2.48. The van der Waals surface area contributed by atoms with Gasteiger partial charge >= 0.3 is 5.97 Å². The maximum absolute atomic E-state index is 10.6. The third-order valence-electron chi connectivity index (χ3n) is 1.46. The van der Waals surface area contributed by atoms with Gasteiger partial charge in [0.05, 0.1) is 0 Å². The number of Topliss-reactive ketones (excluding diaryl/α,β-unsaturated/α-hetero) is 1. The van der Waals surface area contributed by atoms with Crippen LogP contribution in [0.2, 0.25) is 0 Å². The second-order valence-corrected chi connectivity index (χ2v) is 2.76. The van der Waals surface area contributed by atoms with Crippen molar-refractivity contribution >= 4 is 11.8 Å². The monoisotopic (exact) mass is 144 g/mol. The fourth-order valence-electron chi connectivity index (χ4n) is 0.772. The lowest BCUT2D eigenvalue weighted by Gasteiger charge is -2.17. The minimum Gasteiger partial charge on any atom is -0.451 e. The molecule has 1 aliphatic rings. The van der Waals surface area contributed by atoms with E-state index in [1.54, 1.807) is 0 Å². The first kappa shape index (κ1) is 7.21. The second-order valence-electron chi connectivity index (χ2n) is 2.76. The van der Waals surface area contributed by atoms with Gasteiger partial charge in [0.25, 0.3) is 5.78 Å². The van der Waals surface area contributed by atoms with Gasteiger partial charge in [0.15, 0.2) is 6.10 Å². The van der Waals surface area contributed by atoms with Crippen molar-refractivity contribution in [3.63, 3.8) is 0 Å². The Balaban J connectivity index is 2.92. The Bertz CT molecular complexity index is 194. The van der Waals surface area contributed by atoms with Gasteiger partial charge in [0.2, 0.25) is 0 Å². The lowest BCUT2D eigenvalue weighted by molar-refractivity contribution is -0.151. The number of esters is 1. The number of hydrogen-bond donors (Lipinski definition) is 1. The average molecular weight is 144 g/mol. The topological polar surface area (TPSA) is 63.6 Å². The second kappa shape index (κ2) is 1.79. The number of hydrogen-bond acceptors (Lipinski definition) is 4. The molecule has 1 saturated heterocycles. The number of ketones is 1. The van der Waals surface area contributed by atoms with Gasteiger partial charge < -0.3 is 9.84 Å². The van der Waals surface area contributed by atoms with Crippen LogP contribution in [0.4, 0.5) is 0 Å². The van der Waals surface area contributed by atoms with E-state index in [1.165, 1.54) is 13.8 Å². The van der Waals surface area contributed by atoms with Crippen molar-refractivity contribution in [1.29, 1.82) is 0 Å². The summed E-state index contributed by atoms with van der Waals surface area (Å²) in [6, 6.07) is 0. The van der Waals surface area contributed by atoms with E-state index in [0.29, 0.717) is 0 Å². The fourth-order valence-corrected chi connectivity index (χ4v) is 0.772. The van der Waals surface area contributed by atoms with Crippen molar-refractivity contribution in [2.45, 2.75) is 25.6 Å². The van der Waals surface area contributed by atoms with Crippen molar-refractivity contribution in [2.75, 3.05) is 0 Å². The third kappa shape index (κ3) is 0.806. The van der Waals surface area contributed by atoms with Gasteiger partial charge in [-0.1, -0.05) is 0 Å². The van der Waals surface area contributed by atoms with Crippen LogP contribution >= 0.6 is 0 Å². The molecule has 0 aromatic heterocycles. The summed E-state index contributed by atoms with van der Waals surface area (Å²) < 4.78 is 4.53. The van der Waals surface area contributed by atoms with E-state index in [1.807, 2.05) is 0 Å². The minimum atomic E-state index is -1.31. The number of ether oxygens (including phenoxy) is 1. The Labute approximate surface area is 57.8 Å². The van der Waals surface area contributed by atoms with E-state index in [0.717, 1.165) is 0 Å². The lowest BCUT2D eigenvalue weighted by atomic mass is 10.0. The van der Waals surface area contributed by atoms with Gasteiger partial charge in [-0.05, 0) is 13.8 Å². The van der Waals surface area contributed by atoms with Gasteiger partial charge in [0.1, 0.15) is 5.60 Å². The van der Waals surface area contributed by atoms with Crippen molar-refractivity contribution < 1.29 is 19.4 Å². The highest BCUT2D eigenvalue weighted by atomic mass is 16.6. The predicted molar refractivity (Wildman–Crippen MR) is 31.2 cm³/mol. The molecule has 56 valence electrons. The first-order valence-corrected chi connectivity index (χ1v) is 2.90. The number of rotatable bonds is 0. The zero-order chi connectivity index (χ0) is 7.94. The van der Waals surface area contributed by atoms with E-state index in [-0.39, 0.29) is 0 Å². The molecule has 1 aliphatic heterocycles. The van der Waals surface area contributed by atoms with E-state index in [2.05, 4.69) is 4.74 Å². The lowest BCUT2D eigenvalue weighted by Crippen LogP contribution is -2.35. The predicted octanol–water partition coefficient (Wildman–Crippen LogP) is -0.748. The van der Waals surface area contributed by atoms with Crippen LogP contribution in [0.15, 0.2) is 0 Å². The molecule has 0 aliphatic carbocycles. The molecular weight excluding hydrogens is 136 g/mol. The molecule has 1 rings (SSSR count). The van der Waals surface area contributed by atoms with Crippen LogP contribution in [0.5, 0.6) is 0 Å². The van der Waals surface area contributed by atoms with Crippen LogP contribution in [-0.4, -0.2) is 28.6 Å². The number of aliphatic hydroxyl groups excluding tert-OH is 1. The first-order valence-electron chi connectivity index (χ1n) is 2.90. The summed E-state index contributed by atoms with van der Waals surface area (Å²) in [6.45, 7) is 2.97. The molecule has 0 spiro atoms. The summed E-state index contributed by atoms with van der Waals surface area (Å²) in [7, 11) is 0. The highest BCUT2D eigenvalue weighted by molar-refractivity contribution is 6.37. The van der Waals surface area contributed by atoms with Crippen LogP contribution in [0, 0.1) is 0 Å². The normalized spacial score (nSPS) is 30.5. The number of cyclic esters (lactones) is 1. The highest BCUT2D eigenvalue weighted by Crippen LogP contribution is 2.22. The van der Waals surface area contributed by atoms with E-state index >= 15 is 0 Å². The largest absolute Gasteiger partial charge is 0.451 e. The molecule has 1 heterocycles. The first-order chi connectivity index (χ1) is 4.45. The molecular formula is C6H8O4. The third-order valence-corrected chi connectivity index (χ3v) is 1.46. The molecule has 1 unspecified atom stereocenters. The molecule has 1 atom stereocenters. The summed E-state index contributed by atoms with van der Waals surface area (Å²) in [5.74, 6) is -1.80. The number of aliphatic hydroxyl groups is 1. The molecule has 10 heavy (non-hydrogen) atoms. The molecule has 4 nitrogen and oxygen atoms in total. The van der Waals surface area contributed by atoms with Gasteiger partial charge in [-0.3, -0.25) is 4.79 Å². The van der Waals surface area contributed by atoms with Crippen LogP contribution in [-0.2, 0) is 14.3 Å². The van der Waals surface area contributed by atoms with Crippen molar-refractivity contribution in [3.05, 3.63) is 0 Å². The Morgan fingerprint density at radius 1 is 1.50 bits per heavy atom. The van der Waals surface area contributed by atoms with Gasteiger partial charge in [-0.25, -0.2) is 4.79 Å². The summed E-state index contributed by atoms with van der Waals surface area (Å²) >= 11 is 0. The Morgan fingerprint density at radius 3 is 2.10 bits per heavy atom. The van der Waals surface area contributed by atoms with E-state index in [9.17, 15) is 9.59 Å². The van der Waals surface area contributed by atoms with Gasteiger partial charge in [-0.2, -0.15) is 0 Å². The maximum atomic E-state index is 10.6. The van der Waals surface area contributed by atoms with Crippen LogP contribution < -0.4 is 0 Å². The molecule has 0 radical (unpaired) electrons. The van der Waals surface area contributed by atoms with Gasteiger partial charge in [0, 0.05) is 0 Å². The maximum Gasteiger partial charge on any atom is 0.378 e. The van der Waals surface area contributed by atoms with Gasteiger partial charge in [-0.15, -0.1) is 0 Å². The van der Waals surface area contributed by atoms with Crippen molar-refractivity contribution in [1.82, 2.24) is 0 Å². The molecule has 0 aromatic rings. The van der Waals surface area contributed by atoms with E-state index in [4.69, 9.17) is 5.11 Å². The SMILES string of the molecule is CC1(C)OC(=O)C(=O)C1O. The van der Waals surface area contributed by atoms with Crippen LogP contribution in [0.25, 0.3) is 0 Å². The minimum absolute atomic E-state index is 0.856. The zero-order valence-corrected chi connectivity index (χ0v) is 5.75. The fraction of sp³-hybridized carbons (Fsp3) is 0.667. The molecule has 1 fully saturated rings. The summed E-state index contributed by atoms with van der Waals surface area (Å²) in [5, 5.41) is 9.00.